The van der Waals surface area contributed by atoms with E-state index in [0.29, 0.717) is 18.0 Å². The van der Waals surface area contributed by atoms with Gasteiger partial charge in [0.15, 0.2) is 18.1 Å². The van der Waals surface area contributed by atoms with E-state index in [-0.39, 0.29) is 31.0 Å². The number of nitrogens with one attached hydrogen (secondary N) is 2. The van der Waals surface area contributed by atoms with Crippen LogP contribution in [0.1, 0.15) is 19.4 Å². The van der Waals surface area contributed by atoms with E-state index in [2.05, 4.69) is 10.6 Å². The van der Waals surface area contributed by atoms with Crippen LogP contribution in [-0.4, -0.2) is 39.3 Å². The van der Waals surface area contributed by atoms with Crippen molar-refractivity contribution in [2.24, 2.45) is 0 Å². The first-order valence-corrected chi connectivity index (χ1v) is 6.98. The Hall–Kier alpha value is -1.72. The maximum atomic E-state index is 11.7. The van der Waals surface area contributed by atoms with Gasteiger partial charge in [-0.25, -0.2) is 0 Å². The molecule has 0 aromatic heterocycles. The molecule has 0 aliphatic rings. The van der Waals surface area contributed by atoms with Crippen LogP contribution in [0.5, 0.6) is 11.5 Å². The van der Waals surface area contributed by atoms with Crippen LogP contribution in [0.2, 0.25) is 0 Å². The molecule has 6 heteroatoms. The summed E-state index contributed by atoms with van der Waals surface area (Å²) in [5.74, 6) is 1.02. The summed E-state index contributed by atoms with van der Waals surface area (Å²) in [7, 11) is 3.43. The zero-order valence-corrected chi connectivity index (χ0v) is 14.3. The molecular weight excluding hydrogens is 304 g/mol. The summed E-state index contributed by atoms with van der Waals surface area (Å²) < 4.78 is 10.8. The van der Waals surface area contributed by atoms with E-state index < -0.39 is 0 Å². The van der Waals surface area contributed by atoms with E-state index in [1.807, 2.05) is 45.2 Å². The number of rotatable bonds is 8. The molecule has 0 fully saturated rings. The molecule has 0 spiro atoms. The third kappa shape index (κ3) is 6.83. The molecular formula is C16H25ClN2O3. The SMILES string of the molecule is C/C=C/c1ccc(OCC(=O)NCC(C)NC)c(OC)c1.Cl. The molecule has 0 heterocycles. The van der Waals surface area contributed by atoms with Gasteiger partial charge in [-0.2, -0.15) is 0 Å². The van der Waals surface area contributed by atoms with Crippen LogP contribution in [0, 0.1) is 0 Å². The molecule has 0 saturated heterocycles. The van der Waals surface area contributed by atoms with Crippen LogP contribution in [-0.2, 0) is 4.79 Å². The van der Waals surface area contributed by atoms with Crippen molar-refractivity contribution in [2.75, 3.05) is 27.3 Å². The minimum absolute atomic E-state index is 0. The van der Waals surface area contributed by atoms with Crippen molar-refractivity contribution in [3.63, 3.8) is 0 Å². The number of halogens is 1. The van der Waals surface area contributed by atoms with Crippen molar-refractivity contribution in [1.29, 1.82) is 0 Å². The molecule has 1 amide bonds. The fourth-order valence-electron chi connectivity index (χ4n) is 1.66. The number of amides is 1. The second kappa shape index (κ2) is 10.9. The van der Waals surface area contributed by atoms with Gasteiger partial charge in [0.25, 0.3) is 5.91 Å². The Morgan fingerprint density at radius 2 is 2.09 bits per heavy atom. The lowest BCUT2D eigenvalue weighted by atomic mass is 10.2. The highest BCUT2D eigenvalue weighted by Gasteiger charge is 2.08. The minimum atomic E-state index is -0.156. The van der Waals surface area contributed by atoms with Crippen molar-refractivity contribution < 1.29 is 14.3 Å². The highest BCUT2D eigenvalue weighted by molar-refractivity contribution is 5.85. The van der Waals surface area contributed by atoms with Crippen molar-refractivity contribution in [3.05, 3.63) is 29.8 Å². The minimum Gasteiger partial charge on any atom is -0.493 e. The lowest BCUT2D eigenvalue weighted by Crippen LogP contribution is -2.39. The van der Waals surface area contributed by atoms with Crippen LogP contribution in [0.4, 0.5) is 0 Å². The number of methoxy groups -OCH3 is 1. The van der Waals surface area contributed by atoms with Crippen LogP contribution < -0.4 is 20.1 Å². The Labute approximate surface area is 138 Å². The Kier molecular flexibility index (Phi) is 10.1. The third-order valence-electron chi connectivity index (χ3n) is 3.00. The fraction of sp³-hybridized carbons (Fsp3) is 0.438. The number of ether oxygens (including phenoxy) is 2. The van der Waals surface area contributed by atoms with Crippen LogP contribution in [0.3, 0.4) is 0 Å². The van der Waals surface area contributed by atoms with Gasteiger partial charge < -0.3 is 20.1 Å². The summed E-state index contributed by atoms with van der Waals surface area (Å²) in [6.45, 7) is 4.48. The first-order valence-electron chi connectivity index (χ1n) is 6.98. The highest BCUT2D eigenvalue weighted by Crippen LogP contribution is 2.28. The van der Waals surface area contributed by atoms with E-state index in [0.717, 1.165) is 5.56 Å². The van der Waals surface area contributed by atoms with E-state index >= 15 is 0 Å². The second-order valence-corrected chi connectivity index (χ2v) is 4.69. The van der Waals surface area contributed by atoms with Gasteiger partial charge in [-0.1, -0.05) is 18.2 Å². The lowest BCUT2D eigenvalue weighted by Gasteiger charge is -2.13. The third-order valence-corrected chi connectivity index (χ3v) is 3.00. The number of likely N-dealkylation sites (N-methyl/N-ethyl adjacent to an activating group) is 1. The second-order valence-electron chi connectivity index (χ2n) is 4.69. The maximum Gasteiger partial charge on any atom is 0.257 e. The number of hydrogen-bond acceptors (Lipinski definition) is 4. The van der Waals surface area contributed by atoms with Gasteiger partial charge in [0.2, 0.25) is 0 Å². The Morgan fingerprint density at radius 1 is 1.36 bits per heavy atom. The average molecular weight is 329 g/mol. The molecule has 0 aliphatic heterocycles. The van der Waals surface area contributed by atoms with Crippen molar-refractivity contribution in [2.45, 2.75) is 19.9 Å². The fourth-order valence-corrected chi connectivity index (χ4v) is 1.66. The molecule has 1 aromatic rings. The van der Waals surface area contributed by atoms with Gasteiger partial charge in [0.05, 0.1) is 7.11 Å². The van der Waals surface area contributed by atoms with Gasteiger partial charge >= 0.3 is 0 Å². The monoisotopic (exact) mass is 328 g/mol. The van der Waals surface area contributed by atoms with Crippen molar-refractivity contribution in [3.8, 4) is 11.5 Å². The summed E-state index contributed by atoms with van der Waals surface area (Å²) in [6, 6.07) is 5.82. The van der Waals surface area contributed by atoms with E-state index in [1.165, 1.54) is 0 Å². The number of carbonyl (C=O) groups excluding carboxylic acids is 1. The van der Waals surface area contributed by atoms with Gasteiger partial charge in [-0.15, -0.1) is 12.4 Å². The molecule has 0 bridgehead atoms. The van der Waals surface area contributed by atoms with E-state index in [1.54, 1.807) is 13.2 Å². The number of hydrogen-bond donors (Lipinski definition) is 2. The summed E-state index contributed by atoms with van der Waals surface area (Å²) in [5, 5.41) is 5.84. The molecule has 1 rings (SSSR count). The van der Waals surface area contributed by atoms with E-state index in [9.17, 15) is 4.79 Å². The zero-order valence-electron chi connectivity index (χ0n) is 13.5. The van der Waals surface area contributed by atoms with Gasteiger partial charge in [-0.3, -0.25) is 4.79 Å². The average Bonchev–Trinajstić information content (AvgIpc) is 2.51. The maximum absolute atomic E-state index is 11.7. The number of carbonyl (C=O) groups is 1. The predicted octanol–water partition coefficient (Wildman–Crippen LogP) is 2.25. The van der Waals surface area contributed by atoms with Crippen LogP contribution in [0.15, 0.2) is 24.3 Å². The predicted molar refractivity (Wildman–Crippen MR) is 92.0 cm³/mol. The number of allylic oxidation sites excluding steroid dienone is 1. The first kappa shape index (κ1) is 20.3. The largest absolute Gasteiger partial charge is 0.493 e. The van der Waals surface area contributed by atoms with Crippen LogP contribution >= 0.6 is 12.4 Å². The van der Waals surface area contributed by atoms with E-state index in [4.69, 9.17) is 9.47 Å². The molecule has 0 aliphatic carbocycles. The molecule has 2 N–H and O–H groups in total. The molecule has 1 atom stereocenters. The molecule has 22 heavy (non-hydrogen) atoms. The molecule has 0 saturated carbocycles. The highest BCUT2D eigenvalue weighted by atomic mass is 35.5. The topological polar surface area (TPSA) is 59.6 Å². The first-order chi connectivity index (χ1) is 10.1. The summed E-state index contributed by atoms with van der Waals surface area (Å²) >= 11 is 0. The molecule has 1 unspecified atom stereocenters. The van der Waals surface area contributed by atoms with Gasteiger partial charge in [-0.05, 0) is 38.6 Å². The van der Waals surface area contributed by atoms with Gasteiger partial charge in [0, 0.05) is 12.6 Å². The Morgan fingerprint density at radius 3 is 2.68 bits per heavy atom. The zero-order chi connectivity index (χ0) is 15.7. The lowest BCUT2D eigenvalue weighted by molar-refractivity contribution is -0.123. The smallest absolute Gasteiger partial charge is 0.257 e. The summed E-state index contributed by atoms with van der Waals surface area (Å²) in [4.78, 5) is 11.7. The molecule has 124 valence electrons. The molecule has 0 radical (unpaired) electrons. The normalized spacial score (nSPS) is 11.6. The summed E-state index contributed by atoms with van der Waals surface area (Å²) in [5.41, 5.74) is 1.02. The Bertz CT molecular complexity index is 492. The van der Waals surface area contributed by atoms with Crippen molar-refractivity contribution >= 4 is 24.4 Å². The van der Waals surface area contributed by atoms with Crippen LogP contribution in [0.25, 0.3) is 6.08 Å². The van der Waals surface area contributed by atoms with Crippen molar-refractivity contribution in [1.82, 2.24) is 10.6 Å². The number of benzene rings is 1. The molecule has 5 nitrogen and oxygen atoms in total. The van der Waals surface area contributed by atoms with Gasteiger partial charge in [0.1, 0.15) is 0 Å². The Balaban J connectivity index is 0.00000441. The summed E-state index contributed by atoms with van der Waals surface area (Å²) in [6.07, 6.45) is 3.92. The molecule has 1 aromatic carbocycles. The standard InChI is InChI=1S/C16H24N2O3.ClH/c1-5-6-13-7-8-14(15(9-13)20-4)21-11-16(19)18-10-12(2)17-3;/h5-9,12,17H,10-11H2,1-4H3,(H,18,19);1H/b6-5+;. The quantitative estimate of drug-likeness (QED) is 0.768.